The summed E-state index contributed by atoms with van der Waals surface area (Å²) >= 11 is 0. The smallest absolute Gasteiger partial charge is 0.170 e. The summed E-state index contributed by atoms with van der Waals surface area (Å²) in [5.41, 5.74) is 0. The predicted molar refractivity (Wildman–Crippen MR) is 56.1 cm³/mol. The molecule has 15 heavy (non-hydrogen) atoms. The molecule has 4 nitrogen and oxygen atoms in total. The van der Waals surface area contributed by atoms with Crippen LogP contribution >= 0.6 is 0 Å². The molecule has 0 radical (unpaired) electrons. The Bertz CT molecular complexity index is 249. The molecule has 0 aromatic heterocycles. The predicted octanol–water partition coefficient (Wildman–Crippen LogP) is -0.523. The standard InChI is InChI=1S/C11H20N2O2/c14-10-6-3-7-12-8-4-1-2-5-9(8)13(15)11(10)12/h8-11,13-14H,1-7H2. The van der Waals surface area contributed by atoms with E-state index < -0.39 is 6.10 Å². The highest BCUT2D eigenvalue weighted by atomic mass is 16.5. The quantitative estimate of drug-likeness (QED) is 0.531. The van der Waals surface area contributed by atoms with Gasteiger partial charge in [-0.1, -0.05) is 6.42 Å². The Balaban J connectivity index is 1.85. The summed E-state index contributed by atoms with van der Waals surface area (Å²) in [6.45, 7) is 1.02. The van der Waals surface area contributed by atoms with Gasteiger partial charge in [0.05, 0.1) is 6.04 Å². The molecule has 0 spiro atoms. The topological polar surface area (TPSA) is 51.0 Å². The van der Waals surface area contributed by atoms with Gasteiger partial charge in [0.2, 0.25) is 0 Å². The van der Waals surface area contributed by atoms with E-state index in [1.807, 2.05) is 0 Å². The summed E-state index contributed by atoms with van der Waals surface area (Å²) in [6, 6.07) is 0.711. The number of fused-ring (bicyclic) bond motifs is 3. The number of rotatable bonds is 0. The first-order valence-electron chi connectivity index (χ1n) is 6.26. The highest BCUT2D eigenvalue weighted by molar-refractivity contribution is 4.94. The van der Waals surface area contributed by atoms with E-state index in [1.54, 1.807) is 0 Å². The third kappa shape index (κ3) is 1.43. The molecular formula is C11H20N2O2. The molecule has 2 heterocycles. The van der Waals surface area contributed by atoms with E-state index in [0.29, 0.717) is 11.1 Å². The van der Waals surface area contributed by atoms with Gasteiger partial charge < -0.3 is 15.4 Å². The van der Waals surface area contributed by atoms with Crippen molar-refractivity contribution >= 4 is 0 Å². The minimum Gasteiger partial charge on any atom is -0.633 e. The fraction of sp³-hybridized carbons (Fsp3) is 1.00. The van der Waals surface area contributed by atoms with Crippen LogP contribution in [0.5, 0.6) is 0 Å². The second-order valence-corrected chi connectivity index (χ2v) is 5.25. The van der Waals surface area contributed by atoms with Crippen molar-refractivity contribution in [1.82, 2.24) is 4.90 Å². The highest BCUT2D eigenvalue weighted by Gasteiger charge is 2.51. The molecule has 86 valence electrons. The minimum atomic E-state index is -0.392. The maximum Gasteiger partial charge on any atom is 0.170 e. The van der Waals surface area contributed by atoms with Crippen LogP contribution in [0.2, 0.25) is 0 Å². The van der Waals surface area contributed by atoms with Crippen LogP contribution in [0, 0.1) is 5.21 Å². The van der Waals surface area contributed by atoms with Crippen LogP contribution < -0.4 is 5.06 Å². The van der Waals surface area contributed by atoms with Crippen molar-refractivity contribution in [2.45, 2.75) is 62.9 Å². The van der Waals surface area contributed by atoms with Crippen molar-refractivity contribution in [3.63, 3.8) is 0 Å². The van der Waals surface area contributed by atoms with Gasteiger partial charge in [-0.15, -0.1) is 0 Å². The van der Waals surface area contributed by atoms with Crippen LogP contribution in [0.15, 0.2) is 0 Å². The van der Waals surface area contributed by atoms with Crippen molar-refractivity contribution in [2.75, 3.05) is 6.54 Å². The molecule has 0 bridgehead atoms. The molecule has 3 aliphatic rings. The molecule has 2 aliphatic heterocycles. The molecule has 3 fully saturated rings. The Morgan fingerprint density at radius 1 is 1.13 bits per heavy atom. The van der Waals surface area contributed by atoms with Crippen LogP contribution in [0.1, 0.15) is 38.5 Å². The van der Waals surface area contributed by atoms with Gasteiger partial charge in [-0.2, -0.15) is 0 Å². The molecule has 2 saturated heterocycles. The molecular weight excluding hydrogens is 192 g/mol. The Hall–Kier alpha value is -0.160. The number of hydrogen-bond acceptors (Lipinski definition) is 3. The van der Waals surface area contributed by atoms with Crippen LogP contribution in [0.25, 0.3) is 0 Å². The van der Waals surface area contributed by atoms with Gasteiger partial charge in [0.25, 0.3) is 0 Å². The van der Waals surface area contributed by atoms with Crippen LogP contribution in [-0.2, 0) is 0 Å². The highest BCUT2D eigenvalue weighted by Crippen LogP contribution is 2.30. The zero-order chi connectivity index (χ0) is 10.4. The fourth-order valence-electron chi connectivity index (χ4n) is 3.79. The van der Waals surface area contributed by atoms with Crippen LogP contribution in [0.4, 0.5) is 0 Å². The number of nitrogens with one attached hydrogen (secondary N) is 1. The third-order valence-corrected chi connectivity index (χ3v) is 4.45. The number of aliphatic hydroxyl groups excluding tert-OH is 1. The molecule has 1 saturated carbocycles. The minimum absolute atomic E-state index is 0.146. The molecule has 5 atom stereocenters. The number of aliphatic hydroxyl groups is 1. The van der Waals surface area contributed by atoms with Gasteiger partial charge in [-0.05, 0) is 25.7 Å². The molecule has 0 aromatic rings. The van der Waals surface area contributed by atoms with Gasteiger partial charge in [-0.3, -0.25) is 0 Å². The average Bonchev–Trinajstić information content (AvgIpc) is 2.55. The van der Waals surface area contributed by atoms with E-state index in [-0.39, 0.29) is 12.2 Å². The monoisotopic (exact) mass is 212 g/mol. The Labute approximate surface area is 90.4 Å². The van der Waals surface area contributed by atoms with Gasteiger partial charge in [0.1, 0.15) is 12.1 Å². The summed E-state index contributed by atoms with van der Waals surface area (Å²) in [6.07, 6.45) is 6.00. The van der Waals surface area contributed by atoms with Crippen molar-refractivity contribution in [3.05, 3.63) is 5.21 Å². The Kier molecular flexibility index (Phi) is 2.47. The van der Waals surface area contributed by atoms with Crippen LogP contribution in [-0.4, -0.2) is 40.9 Å². The number of hydrogen-bond donors (Lipinski definition) is 2. The first kappa shape index (κ1) is 10.0. The average molecular weight is 212 g/mol. The lowest BCUT2D eigenvalue weighted by Crippen LogP contribution is -3.15. The second kappa shape index (κ2) is 3.70. The molecule has 5 unspecified atom stereocenters. The Morgan fingerprint density at radius 3 is 2.80 bits per heavy atom. The second-order valence-electron chi connectivity index (χ2n) is 5.25. The third-order valence-electron chi connectivity index (χ3n) is 4.45. The molecule has 3 rings (SSSR count). The van der Waals surface area contributed by atoms with Gasteiger partial charge in [0, 0.05) is 13.0 Å². The summed E-state index contributed by atoms with van der Waals surface area (Å²) in [5, 5.41) is 22.5. The maximum absolute atomic E-state index is 12.2. The summed E-state index contributed by atoms with van der Waals surface area (Å²) in [4.78, 5) is 2.31. The summed E-state index contributed by atoms with van der Waals surface area (Å²) < 4.78 is 0. The first-order chi connectivity index (χ1) is 7.29. The Morgan fingerprint density at radius 2 is 1.93 bits per heavy atom. The zero-order valence-electron chi connectivity index (χ0n) is 9.06. The lowest BCUT2D eigenvalue weighted by atomic mass is 9.90. The fourth-order valence-corrected chi connectivity index (χ4v) is 3.79. The van der Waals surface area contributed by atoms with E-state index in [4.69, 9.17) is 0 Å². The molecule has 1 aliphatic carbocycles. The van der Waals surface area contributed by atoms with E-state index in [9.17, 15) is 10.3 Å². The lowest BCUT2D eigenvalue weighted by molar-refractivity contribution is -0.898. The normalized spacial score (nSPS) is 51.2. The van der Waals surface area contributed by atoms with Gasteiger partial charge >= 0.3 is 0 Å². The summed E-state index contributed by atoms with van der Waals surface area (Å²) in [5.74, 6) is 0. The van der Waals surface area contributed by atoms with Crippen molar-refractivity contribution in [3.8, 4) is 0 Å². The van der Waals surface area contributed by atoms with Crippen LogP contribution in [0.3, 0.4) is 0 Å². The molecule has 2 N–H and O–H groups in total. The molecule has 0 amide bonds. The first-order valence-corrected chi connectivity index (χ1v) is 6.26. The number of quaternary nitrogens is 1. The maximum atomic E-state index is 12.2. The summed E-state index contributed by atoms with van der Waals surface area (Å²) in [7, 11) is 0. The van der Waals surface area contributed by atoms with Crippen molar-refractivity contribution < 1.29 is 10.2 Å². The largest absolute Gasteiger partial charge is 0.633 e. The van der Waals surface area contributed by atoms with E-state index >= 15 is 0 Å². The van der Waals surface area contributed by atoms with Crippen molar-refractivity contribution in [2.24, 2.45) is 0 Å². The lowest BCUT2D eigenvalue weighted by Gasteiger charge is -2.37. The number of nitrogens with zero attached hydrogens (tertiary/aromatic N) is 1. The van der Waals surface area contributed by atoms with E-state index in [0.717, 1.165) is 25.8 Å². The SMILES string of the molecule is [O-][NH+]1C2CCCCC2N2CCCC(O)C21. The number of hydroxylamine groups is 2. The molecule has 0 aromatic carbocycles. The van der Waals surface area contributed by atoms with Crippen molar-refractivity contribution in [1.29, 1.82) is 0 Å². The van der Waals surface area contributed by atoms with E-state index in [1.165, 1.54) is 19.3 Å². The number of piperidine rings is 1. The molecule has 4 heteroatoms. The van der Waals surface area contributed by atoms with E-state index in [2.05, 4.69) is 4.90 Å². The van der Waals surface area contributed by atoms with Gasteiger partial charge in [0.15, 0.2) is 6.17 Å². The van der Waals surface area contributed by atoms with Gasteiger partial charge in [-0.25, -0.2) is 4.90 Å². The zero-order valence-corrected chi connectivity index (χ0v) is 9.06.